The van der Waals surface area contributed by atoms with Crippen molar-refractivity contribution in [2.75, 3.05) is 0 Å². The molecule has 0 aliphatic rings. The number of nitrogens with one attached hydrogen (secondary N) is 3. The summed E-state index contributed by atoms with van der Waals surface area (Å²) in [5, 5.41) is 0. The maximum Gasteiger partial charge on any atom is 0.271 e. The number of sulfonamides is 1. The smallest absolute Gasteiger partial charge is 0.271 e. The van der Waals surface area contributed by atoms with E-state index in [9.17, 15) is 18.0 Å². The molecule has 4 rings (SSSR count). The van der Waals surface area contributed by atoms with E-state index in [0.717, 1.165) is 17.1 Å². The van der Waals surface area contributed by atoms with E-state index in [1.165, 1.54) is 30.5 Å². The fraction of sp³-hybridized carbons (Fsp3) is 0.120. The van der Waals surface area contributed by atoms with Crippen molar-refractivity contribution in [3.63, 3.8) is 0 Å². The number of rotatable bonds is 7. The molecule has 0 aliphatic heterocycles. The zero-order valence-electron chi connectivity index (χ0n) is 19.1. The summed E-state index contributed by atoms with van der Waals surface area (Å²) in [7, 11) is -3.78. The molecule has 2 aromatic heterocycles. The van der Waals surface area contributed by atoms with Crippen molar-refractivity contribution in [2.24, 2.45) is 0 Å². The maximum atomic E-state index is 12.7. The summed E-state index contributed by atoms with van der Waals surface area (Å²) in [5.74, 6) is -0.567. The van der Waals surface area contributed by atoms with Crippen molar-refractivity contribution in [1.29, 1.82) is 0 Å². The quantitative estimate of drug-likeness (QED) is 0.342. The van der Waals surface area contributed by atoms with Crippen LogP contribution in [0.1, 0.15) is 37.9 Å². The van der Waals surface area contributed by atoms with Crippen LogP contribution in [0.15, 0.2) is 88.4 Å². The summed E-state index contributed by atoms with van der Waals surface area (Å²) in [6, 6.07) is 20.1. The van der Waals surface area contributed by atoms with Crippen molar-refractivity contribution < 1.29 is 22.4 Å². The van der Waals surface area contributed by atoms with Gasteiger partial charge in [0.15, 0.2) is 0 Å². The molecule has 2 aromatic carbocycles. The number of hydrazine groups is 1. The molecule has 0 bridgehead atoms. The van der Waals surface area contributed by atoms with Gasteiger partial charge < -0.3 is 8.98 Å². The van der Waals surface area contributed by atoms with E-state index in [2.05, 4.69) is 15.6 Å². The highest BCUT2D eigenvalue weighted by Crippen LogP contribution is 2.20. The zero-order valence-corrected chi connectivity index (χ0v) is 19.9. The Morgan fingerprint density at radius 3 is 2.23 bits per heavy atom. The molecule has 0 aliphatic carbocycles. The zero-order chi connectivity index (χ0) is 25.0. The monoisotopic (exact) mass is 492 g/mol. The van der Waals surface area contributed by atoms with Crippen molar-refractivity contribution in [1.82, 2.24) is 20.1 Å². The molecule has 35 heavy (non-hydrogen) atoms. The van der Waals surface area contributed by atoms with Crippen LogP contribution < -0.4 is 15.6 Å². The van der Waals surface area contributed by atoms with E-state index in [4.69, 9.17) is 4.42 Å². The van der Waals surface area contributed by atoms with Crippen LogP contribution in [0.3, 0.4) is 0 Å². The van der Waals surface area contributed by atoms with Gasteiger partial charge in [-0.3, -0.25) is 20.4 Å². The highest BCUT2D eigenvalue weighted by molar-refractivity contribution is 7.89. The fourth-order valence-corrected chi connectivity index (χ4v) is 4.66. The van der Waals surface area contributed by atoms with Crippen molar-refractivity contribution in [3.8, 4) is 5.69 Å². The van der Waals surface area contributed by atoms with Crippen molar-refractivity contribution >= 4 is 21.8 Å². The fourth-order valence-electron chi connectivity index (χ4n) is 3.67. The first-order valence-corrected chi connectivity index (χ1v) is 12.2. The molecule has 0 saturated heterocycles. The first-order chi connectivity index (χ1) is 16.8. The molecule has 3 N–H and O–H groups in total. The van der Waals surface area contributed by atoms with Crippen molar-refractivity contribution in [3.05, 3.63) is 107 Å². The van der Waals surface area contributed by atoms with Crippen molar-refractivity contribution in [2.45, 2.75) is 25.3 Å². The Balaban J connectivity index is 1.39. The molecule has 0 spiro atoms. The Bertz CT molecular complexity index is 1440. The van der Waals surface area contributed by atoms with Gasteiger partial charge in [-0.05, 0) is 68.4 Å². The summed E-state index contributed by atoms with van der Waals surface area (Å²) in [6.07, 6.45) is 1.46. The Hall–Kier alpha value is -4.15. The number of aromatic nitrogens is 1. The number of furan rings is 1. The van der Waals surface area contributed by atoms with Crippen LogP contribution in [0.25, 0.3) is 5.69 Å². The number of amides is 2. The molecule has 10 heteroatoms. The first kappa shape index (κ1) is 24.0. The summed E-state index contributed by atoms with van der Waals surface area (Å²) in [4.78, 5) is 25.2. The third kappa shape index (κ3) is 5.34. The number of para-hydroxylation sites is 1. The Labute approximate surface area is 202 Å². The Morgan fingerprint density at radius 1 is 0.886 bits per heavy atom. The molecule has 2 heterocycles. The van der Waals surface area contributed by atoms with Crippen LogP contribution in [-0.2, 0) is 16.6 Å². The van der Waals surface area contributed by atoms with Gasteiger partial charge in [-0.25, -0.2) is 13.1 Å². The number of nitrogens with zero attached hydrogens (tertiary/aromatic N) is 1. The number of benzene rings is 2. The summed E-state index contributed by atoms with van der Waals surface area (Å²) >= 11 is 0. The summed E-state index contributed by atoms with van der Waals surface area (Å²) in [5.41, 5.74) is 7.94. The second kappa shape index (κ2) is 10.00. The lowest BCUT2D eigenvalue weighted by Crippen LogP contribution is -2.41. The van der Waals surface area contributed by atoms with Gasteiger partial charge in [0.25, 0.3) is 11.8 Å². The third-order valence-electron chi connectivity index (χ3n) is 5.42. The number of aryl methyl sites for hydroxylation is 1. The minimum atomic E-state index is -3.78. The largest absolute Gasteiger partial charge is 0.468 e. The van der Waals surface area contributed by atoms with E-state index >= 15 is 0 Å². The highest BCUT2D eigenvalue weighted by atomic mass is 32.2. The van der Waals surface area contributed by atoms with Gasteiger partial charge in [0.1, 0.15) is 5.76 Å². The summed E-state index contributed by atoms with van der Waals surface area (Å²) in [6.45, 7) is 3.73. The molecular weight excluding hydrogens is 468 g/mol. The molecule has 0 atom stereocenters. The van der Waals surface area contributed by atoms with Crippen LogP contribution in [0.2, 0.25) is 0 Å². The number of carbonyl (C=O) groups is 2. The van der Waals surface area contributed by atoms with Crippen LogP contribution in [0, 0.1) is 13.8 Å². The van der Waals surface area contributed by atoms with Gasteiger partial charge in [-0.2, -0.15) is 0 Å². The number of carbonyl (C=O) groups excluding carboxylic acids is 2. The molecule has 2 amide bonds. The van der Waals surface area contributed by atoms with Crippen LogP contribution >= 0.6 is 0 Å². The van der Waals surface area contributed by atoms with Crippen LogP contribution in [-0.4, -0.2) is 24.8 Å². The lowest BCUT2D eigenvalue weighted by Gasteiger charge is -2.11. The van der Waals surface area contributed by atoms with Gasteiger partial charge in [0, 0.05) is 22.6 Å². The highest BCUT2D eigenvalue weighted by Gasteiger charge is 2.18. The van der Waals surface area contributed by atoms with E-state index in [1.54, 1.807) is 18.2 Å². The van der Waals surface area contributed by atoms with E-state index in [1.807, 2.05) is 48.7 Å². The normalized spacial score (nSPS) is 11.3. The summed E-state index contributed by atoms with van der Waals surface area (Å²) < 4.78 is 34.4. The molecule has 0 fully saturated rings. The second-order valence-corrected chi connectivity index (χ2v) is 9.56. The van der Waals surface area contributed by atoms with Gasteiger partial charge in [0.05, 0.1) is 23.3 Å². The lowest BCUT2D eigenvalue weighted by molar-refractivity contribution is 0.0846. The minimum absolute atomic E-state index is 0.00186. The molecule has 0 radical (unpaired) electrons. The van der Waals surface area contributed by atoms with Gasteiger partial charge in [0.2, 0.25) is 10.0 Å². The minimum Gasteiger partial charge on any atom is -0.468 e. The van der Waals surface area contributed by atoms with Gasteiger partial charge >= 0.3 is 0 Å². The Kier molecular flexibility index (Phi) is 6.85. The lowest BCUT2D eigenvalue weighted by atomic mass is 10.2. The van der Waals surface area contributed by atoms with Crippen LogP contribution in [0.5, 0.6) is 0 Å². The molecule has 9 nitrogen and oxygen atoms in total. The predicted octanol–water partition coefficient (Wildman–Crippen LogP) is 3.24. The van der Waals surface area contributed by atoms with E-state index < -0.39 is 21.8 Å². The number of hydrogen-bond acceptors (Lipinski definition) is 5. The average molecular weight is 493 g/mol. The topological polar surface area (TPSA) is 122 Å². The van der Waals surface area contributed by atoms with E-state index in [-0.39, 0.29) is 17.0 Å². The Morgan fingerprint density at radius 2 is 1.57 bits per heavy atom. The molecule has 0 saturated carbocycles. The molecular formula is C25H24N4O5S. The average Bonchev–Trinajstić information content (AvgIpc) is 3.49. The molecule has 4 aromatic rings. The maximum absolute atomic E-state index is 12.7. The van der Waals surface area contributed by atoms with Crippen LogP contribution in [0.4, 0.5) is 0 Å². The predicted molar refractivity (Wildman–Crippen MR) is 129 cm³/mol. The second-order valence-electron chi connectivity index (χ2n) is 7.79. The third-order valence-corrected chi connectivity index (χ3v) is 6.84. The molecule has 180 valence electrons. The van der Waals surface area contributed by atoms with E-state index in [0.29, 0.717) is 11.3 Å². The van der Waals surface area contributed by atoms with Gasteiger partial charge in [-0.1, -0.05) is 18.2 Å². The first-order valence-electron chi connectivity index (χ1n) is 10.7. The standard InChI is InChI=1S/C25H24N4O5S/c1-17-15-23(18(2)29(17)20-7-4-3-5-8-20)25(31)28-27-24(30)19-10-12-22(13-11-19)35(32,33)26-16-21-9-6-14-34-21/h3-15,26H,16H2,1-2H3,(H,27,30)(H,28,31). The van der Waals surface area contributed by atoms with Gasteiger partial charge in [-0.15, -0.1) is 0 Å². The molecule has 0 unspecified atom stereocenters. The SMILES string of the molecule is Cc1cc(C(=O)NNC(=O)c2ccc(S(=O)(=O)NCc3ccco3)cc2)c(C)n1-c1ccccc1. The number of hydrogen-bond donors (Lipinski definition) is 3.